The molecule has 1 fully saturated rings. The monoisotopic (exact) mass is 364 g/mol. The molecule has 5 nitrogen and oxygen atoms in total. The smallest absolute Gasteiger partial charge is 0.225 e. The summed E-state index contributed by atoms with van der Waals surface area (Å²) in [5.74, 6) is 3.03. The molecular weight excluding hydrogens is 340 g/mol. The van der Waals surface area contributed by atoms with E-state index < -0.39 is 0 Å². The van der Waals surface area contributed by atoms with Crippen LogP contribution in [0.5, 0.6) is 17.2 Å². The highest BCUT2D eigenvalue weighted by molar-refractivity contribution is 5.54. The lowest BCUT2D eigenvalue weighted by molar-refractivity contribution is 0.183. The van der Waals surface area contributed by atoms with Gasteiger partial charge in [-0.15, -0.1) is 0 Å². The second kappa shape index (κ2) is 8.73. The van der Waals surface area contributed by atoms with Gasteiger partial charge in [-0.3, -0.25) is 4.90 Å². The van der Waals surface area contributed by atoms with Gasteiger partial charge in [0, 0.05) is 12.1 Å². The molecule has 2 heterocycles. The van der Waals surface area contributed by atoms with Crippen molar-refractivity contribution >= 4 is 0 Å². The van der Waals surface area contributed by atoms with Gasteiger partial charge in [-0.05, 0) is 74.5 Å². The standard InChI is InChI=1S/C22H24N2O3/c1-2-13-24(14-3-1)15-17-25-19-8-10-21(11-9-19)27-20-6-4-18(5-7-20)22-23-12-16-26-22/h4-12,16H,1-3,13-15,17H2. The predicted octanol–water partition coefficient (Wildman–Crippen LogP) is 5.00. The van der Waals surface area contributed by atoms with E-state index in [0.29, 0.717) is 5.89 Å². The lowest BCUT2D eigenvalue weighted by atomic mass is 10.1. The lowest BCUT2D eigenvalue weighted by Crippen LogP contribution is -2.33. The highest BCUT2D eigenvalue weighted by Crippen LogP contribution is 2.26. The van der Waals surface area contributed by atoms with Gasteiger partial charge >= 0.3 is 0 Å². The van der Waals surface area contributed by atoms with Gasteiger partial charge in [0.15, 0.2) is 0 Å². The molecule has 0 radical (unpaired) electrons. The molecule has 0 saturated carbocycles. The average molecular weight is 364 g/mol. The highest BCUT2D eigenvalue weighted by atomic mass is 16.5. The first-order valence-corrected chi connectivity index (χ1v) is 9.50. The number of likely N-dealkylation sites (tertiary alicyclic amines) is 1. The molecule has 0 bridgehead atoms. The first kappa shape index (κ1) is 17.6. The Kier molecular flexibility index (Phi) is 5.70. The normalized spacial score (nSPS) is 14.8. The molecule has 1 aliphatic rings. The number of nitrogens with zero attached hydrogens (tertiary/aromatic N) is 2. The Hall–Kier alpha value is -2.79. The van der Waals surface area contributed by atoms with Crippen LogP contribution >= 0.6 is 0 Å². The van der Waals surface area contributed by atoms with Gasteiger partial charge in [-0.1, -0.05) is 6.42 Å². The average Bonchev–Trinajstić information content (AvgIpc) is 3.26. The second-order valence-electron chi connectivity index (χ2n) is 6.69. The Morgan fingerprint density at radius 1 is 0.852 bits per heavy atom. The summed E-state index contributed by atoms with van der Waals surface area (Å²) in [5.41, 5.74) is 0.921. The number of hydrogen-bond acceptors (Lipinski definition) is 5. The van der Waals surface area contributed by atoms with Crippen LogP contribution in [-0.2, 0) is 0 Å². The largest absolute Gasteiger partial charge is 0.492 e. The molecule has 0 N–H and O–H groups in total. The van der Waals surface area contributed by atoms with E-state index in [1.807, 2.05) is 48.5 Å². The Labute approximate surface area is 159 Å². The zero-order valence-corrected chi connectivity index (χ0v) is 15.3. The number of aromatic nitrogens is 1. The Bertz CT molecular complexity index is 808. The van der Waals surface area contributed by atoms with Crippen LogP contribution in [0, 0.1) is 0 Å². The predicted molar refractivity (Wildman–Crippen MR) is 104 cm³/mol. The molecule has 27 heavy (non-hydrogen) atoms. The van der Waals surface area contributed by atoms with Crippen LogP contribution in [0.1, 0.15) is 19.3 Å². The molecule has 0 amide bonds. The second-order valence-corrected chi connectivity index (χ2v) is 6.69. The third-order valence-corrected chi connectivity index (χ3v) is 4.72. The molecule has 140 valence electrons. The molecule has 0 unspecified atom stereocenters. The van der Waals surface area contributed by atoms with Crippen molar-refractivity contribution in [3.05, 3.63) is 61.0 Å². The van der Waals surface area contributed by atoms with Crippen molar-refractivity contribution in [3.63, 3.8) is 0 Å². The number of benzene rings is 2. The maximum absolute atomic E-state index is 5.89. The van der Waals surface area contributed by atoms with E-state index >= 15 is 0 Å². The number of oxazole rings is 1. The SMILES string of the molecule is c1coc(-c2ccc(Oc3ccc(OCCN4CCCCC4)cc3)cc2)n1. The van der Waals surface area contributed by atoms with E-state index in [0.717, 1.165) is 36.0 Å². The molecule has 2 aromatic carbocycles. The summed E-state index contributed by atoms with van der Waals surface area (Å²) in [6.45, 7) is 4.12. The van der Waals surface area contributed by atoms with Crippen LogP contribution < -0.4 is 9.47 Å². The van der Waals surface area contributed by atoms with E-state index in [1.165, 1.54) is 32.4 Å². The van der Waals surface area contributed by atoms with Crippen molar-refractivity contribution in [1.82, 2.24) is 9.88 Å². The maximum Gasteiger partial charge on any atom is 0.225 e. The van der Waals surface area contributed by atoms with Crippen molar-refractivity contribution in [1.29, 1.82) is 0 Å². The Morgan fingerprint density at radius 2 is 1.52 bits per heavy atom. The van der Waals surface area contributed by atoms with Crippen LogP contribution in [0.4, 0.5) is 0 Å². The van der Waals surface area contributed by atoms with E-state index in [2.05, 4.69) is 9.88 Å². The molecule has 5 heteroatoms. The number of piperidine rings is 1. The maximum atomic E-state index is 5.89. The highest BCUT2D eigenvalue weighted by Gasteiger charge is 2.09. The summed E-state index contributed by atoms with van der Waals surface area (Å²) in [4.78, 5) is 6.61. The molecule has 1 aliphatic heterocycles. The van der Waals surface area contributed by atoms with Gasteiger partial charge < -0.3 is 13.9 Å². The summed E-state index contributed by atoms with van der Waals surface area (Å²) < 4.78 is 17.0. The number of hydrogen-bond donors (Lipinski definition) is 0. The fraction of sp³-hybridized carbons (Fsp3) is 0.318. The van der Waals surface area contributed by atoms with Gasteiger partial charge in [0.25, 0.3) is 0 Å². The fourth-order valence-electron chi connectivity index (χ4n) is 3.25. The molecule has 1 aromatic heterocycles. The summed E-state index contributed by atoms with van der Waals surface area (Å²) in [6, 6.07) is 15.4. The minimum atomic E-state index is 0.604. The molecular formula is C22H24N2O3. The quantitative estimate of drug-likeness (QED) is 0.590. The third-order valence-electron chi connectivity index (χ3n) is 4.72. The van der Waals surface area contributed by atoms with Crippen LogP contribution in [0.3, 0.4) is 0 Å². The van der Waals surface area contributed by atoms with E-state index in [4.69, 9.17) is 13.9 Å². The summed E-state index contributed by atoms with van der Waals surface area (Å²) in [6.07, 6.45) is 7.18. The lowest BCUT2D eigenvalue weighted by Gasteiger charge is -2.26. The van der Waals surface area contributed by atoms with Gasteiger partial charge in [0.1, 0.15) is 30.1 Å². The molecule has 0 aliphatic carbocycles. The first-order valence-electron chi connectivity index (χ1n) is 9.50. The summed E-state index contributed by atoms with van der Waals surface area (Å²) >= 11 is 0. The molecule has 0 spiro atoms. The zero-order valence-electron chi connectivity index (χ0n) is 15.3. The number of ether oxygens (including phenoxy) is 2. The van der Waals surface area contributed by atoms with Gasteiger partial charge in [0.2, 0.25) is 5.89 Å². The minimum Gasteiger partial charge on any atom is -0.492 e. The fourth-order valence-corrected chi connectivity index (χ4v) is 3.25. The van der Waals surface area contributed by atoms with Crippen molar-refractivity contribution in [2.45, 2.75) is 19.3 Å². The molecule has 1 saturated heterocycles. The van der Waals surface area contributed by atoms with Crippen LogP contribution in [0.15, 0.2) is 65.4 Å². The van der Waals surface area contributed by atoms with Crippen molar-refractivity contribution in [2.75, 3.05) is 26.2 Å². The minimum absolute atomic E-state index is 0.604. The summed E-state index contributed by atoms with van der Waals surface area (Å²) in [5, 5.41) is 0. The van der Waals surface area contributed by atoms with E-state index in [-0.39, 0.29) is 0 Å². The van der Waals surface area contributed by atoms with Crippen LogP contribution in [0.2, 0.25) is 0 Å². The van der Waals surface area contributed by atoms with E-state index in [9.17, 15) is 0 Å². The molecule has 3 aromatic rings. The van der Waals surface area contributed by atoms with Gasteiger partial charge in [0.05, 0.1) is 6.20 Å². The van der Waals surface area contributed by atoms with Crippen LogP contribution in [-0.4, -0.2) is 36.1 Å². The van der Waals surface area contributed by atoms with Gasteiger partial charge in [-0.2, -0.15) is 0 Å². The Morgan fingerprint density at radius 3 is 2.19 bits per heavy atom. The summed E-state index contributed by atoms with van der Waals surface area (Å²) in [7, 11) is 0. The Balaban J connectivity index is 1.27. The zero-order chi connectivity index (χ0) is 18.3. The first-order chi connectivity index (χ1) is 13.4. The third kappa shape index (κ3) is 4.89. The van der Waals surface area contributed by atoms with Crippen molar-refractivity contribution < 1.29 is 13.9 Å². The van der Waals surface area contributed by atoms with Crippen LogP contribution in [0.25, 0.3) is 11.5 Å². The van der Waals surface area contributed by atoms with E-state index in [1.54, 1.807) is 12.5 Å². The molecule has 4 rings (SSSR count). The number of rotatable bonds is 7. The van der Waals surface area contributed by atoms with Gasteiger partial charge in [-0.25, -0.2) is 4.98 Å². The van der Waals surface area contributed by atoms with Crippen molar-refractivity contribution in [2.24, 2.45) is 0 Å². The van der Waals surface area contributed by atoms with Crippen molar-refractivity contribution in [3.8, 4) is 28.7 Å². The molecule has 0 atom stereocenters. The topological polar surface area (TPSA) is 47.7 Å².